The first-order valence-electron chi connectivity index (χ1n) is 4.71. The second-order valence-electron chi connectivity index (χ2n) is 3.70. The molecule has 3 nitrogen and oxygen atoms in total. The van der Waals surface area contributed by atoms with E-state index in [9.17, 15) is 4.79 Å². The summed E-state index contributed by atoms with van der Waals surface area (Å²) in [4.78, 5) is 15.8. The fourth-order valence-corrected chi connectivity index (χ4v) is 1.71. The number of ether oxygens (including phenoxy) is 1. The van der Waals surface area contributed by atoms with Crippen molar-refractivity contribution in [3.05, 3.63) is 23.9 Å². The average Bonchev–Trinajstić information content (AvgIpc) is 2.98. The number of carbonyl (C=O) groups excluding carboxylic acids is 1. The molecule has 1 aliphatic rings. The molecule has 0 radical (unpaired) electrons. The number of aromatic nitrogens is 1. The molecular weight excluding hydrogens is 178 g/mol. The summed E-state index contributed by atoms with van der Waals surface area (Å²) in [5.74, 6) is 0.785. The SMILES string of the molecule is COc1cccc(C2(C(C)=O)CC2)n1. The maximum atomic E-state index is 11.4. The molecule has 1 aromatic heterocycles. The van der Waals surface area contributed by atoms with E-state index in [0.717, 1.165) is 18.5 Å². The molecule has 1 aromatic rings. The van der Waals surface area contributed by atoms with E-state index >= 15 is 0 Å². The zero-order valence-corrected chi connectivity index (χ0v) is 8.41. The molecule has 74 valence electrons. The van der Waals surface area contributed by atoms with Gasteiger partial charge in [0.25, 0.3) is 0 Å². The van der Waals surface area contributed by atoms with Gasteiger partial charge in [-0.15, -0.1) is 0 Å². The standard InChI is InChI=1S/C11H13NO2/c1-8(13)11(6-7-11)9-4-3-5-10(12-9)14-2/h3-5H,6-7H2,1-2H3. The molecule has 0 saturated heterocycles. The van der Waals surface area contributed by atoms with E-state index in [1.54, 1.807) is 20.1 Å². The van der Waals surface area contributed by atoms with Crippen molar-refractivity contribution in [1.82, 2.24) is 4.98 Å². The molecule has 0 aliphatic heterocycles. The highest BCUT2D eigenvalue weighted by Gasteiger charge is 2.50. The van der Waals surface area contributed by atoms with Gasteiger partial charge in [0.2, 0.25) is 5.88 Å². The highest BCUT2D eigenvalue weighted by Crippen LogP contribution is 2.48. The quantitative estimate of drug-likeness (QED) is 0.730. The van der Waals surface area contributed by atoms with Gasteiger partial charge in [0.1, 0.15) is 5.78 Å². The van der Waals surface area contributed by atoms with Crippen LogP contribution in [0, 0.1) is 0 Å². The summed E-state index contributed by atoms with van der Waals surface area (Å²) in [6.45, 7) is 1.63. The molecule has 0 atom stereocenters. The van der Waals surface area contributed by atoms with Crippen molar-refractivity contribution in [1.29, 1.82) is 0 Å². The van der Waals surface area contributed by atoms with E-state index in [4.69, 9.17) is 4.74 Å². The zero-order valence-electron chi connectivity index (χ0n) is 8.41. The number of Topliss-reactive ketones (excluding diaryl/α,β-unsaturated/α-hetero) is 1. The third-order valence-corrected chi connectivity index (χ3v) is 2.85. The molecule has 1 fully saturated rings. The normalized spacial score (nSPS) is 17.6. The van der Waals surface area contributed by atoms with Crippen molar-refractivity contribution in [2.45, 2.75) is 25.2 Å². The average molecular weight is 191 g/mol. The fraction of sp³-hybridized carbons (Fsp3) is 0.455. The van der Waals surface area contributed by atoms with Crippen LogP contribution < -0.4 is 4.74 Å². The topological polar surface area (TPSA) is 39.2 Å². The molecule has 1 heterocycles. The highest BCUT2D eigenvalue weighted by atomic mass is 16.5. The van der Waals surface area contributed by atoms with E-state index in [-0.39, 0.29) is 11.2 Å². The van der Waals surface area contributed by atoms with Crippen LogP contribution in [0.2, 0.25) is 0 Å². The number of methoxy groups -OCH3 is 1. The van der Waals surface area contributed by atoms with Gasteiger partial charge in [-0.3, -0.25) is 4.79 Å². The molecule has 3 heteroatoms. The molecule has 0 N–H and O–H groups in total. The van der Waals surface area contributed by atoms with Gasteiger partial charge in [-0.25, -0.2) is 4.98 Å². The monoisotopic (exact) mass is 191 g/mol. The lowest BCUT2D eigenvalue weighted by atomic mass is 9.97. The van der Waals surface area contributed by atoms with Gasteiger partial charge in [0, 0.05) is 6.07 Å². The summed E-state index contributed by atoms with van der Waals surface area (Å²) in [7, 11) is 1.58. The Hall–Kier alpha value is -1.38. The van der Waals surface area contributed by atoms with Crippen LogP contribution in [0.3, 0.4) is 0 Å². The summed E-state index contributed by atoms with van der Waals surface area (Å²) in [6, 6.07) is 5.57. The van der Waals surface area contributed by atoms with Crippen LogP contribution in [-0.2, 0) is 10.2 Å². The Kier molecular flexibility index (Phi) is 2.02. The Morgan fingerprint density at radius 1 is 1.50 bits per heavy atom. The van der Waals surface area contributed by atoms with Crippen molar-refractivity contribution in [2.75, 3.05) is 7.11 Å². The second-order valence-corrected chi connectivity index (χ2v) is 3.70. The third-order valence-electron chi connectivity index (χ3n) is 2.85. The van der Waals surface area contributed by atoms with Crippen molar-refractivity contribution >= 4 is 5.78 Å². The van der Waals surface area contributed by atoms with Gasteiger partial charge in [0.15, 0.2) is 0 Å². The summed E-state index contributed by atoms with van der Waals surface area (Å²) in [6.07, 6.45) is 1.84. The number of ketones is 1. The molecule has 0 spiro atoms. The largest absolute Gasteiger partial charge is 0.481 e. The van der Waals surface area contributed by atoms with Gasteiger partial charge in [-0.2, -0.15) is 0 Å². The molecular formula is C11H13NO2. The van der Waals surface area contributed by atoms with E-state index < -0.39 is 0 Å². The number of pyridine rings is 1. The lowest BCUT2D eigenvalue weighted by Crippen LogP contribution is -2.18. The van der Waals surface area contributed by atoms with Gasteiger partial charge >= 0.3 is 0 Å². The maximum absolute atomic E-state index is 11.4. The lowest BCUT2D eigenvalue weighted by molar-refractivity contribution is -0.119. The first-order valence-corrected chi connectivity index (χ1v) is 4.71. The van der Waals surface area contributed by atoms with E-state index in [1.165, 1.54) is 0 Å². The fourth-order valence-electron chi connectivity index (χ4n) is 1.71. The summed E-state index contributed by atoms with van der Waals surface area (Å²) in [5.41, 5.74) is 0.554. The summed E-state index contributed by atoms with van der Waals surface area (Å²) >= 11 is 0. The minimum absolute atomic E-state index is 0.207. The minimum Gasteiger partial charge on any atom is -0.481 e. The lowest BCUT2D eigenvalue weighted by Gasteiger charge is -2.11. The number of nitrogens with zero attached hydrogens (tertiary/aromatic N) is 1. The number of hydrogen-bond acceptors (Lipinski definition) is 3. The molecule has 14 heavy (non-hydrogen) atoms. The van der Waals surface area contributed by atoms with Crippen LogP contribution in [0.15, 0.2) is 18.2 Å². The van der Waals surface area contributed by atoms with Crippen LogP contribution in [0.1, 0.15) is 25.5 Å². The first-order chi connectivity index (χ1) is 6.69. The number of hydrogen-bond donors (Lipinski definition) is 0. The van der Waals surface area contributed by atoms with Crippen molar-refractivity contribution < 1.29 is 9.53 Å². The molecule has 0 amide bonds. The second kappa shape index (κ2) is 3.08. The molecule has 1 aliphatic carbocycles. The summed E-state index contributed by atoms with van der Waals surface area (Å²) < 4.78 is 5.04. The Morgan fingerprint density at radius 2 is 2.21 bits per heavy atom. The third kappa shape index (κ3) is 1.29. The molecule has 2 rings (SSSR count). The van der Waals surface area contributed by atoms with Gasteiger partial charge in [0.05, 0.1) is 18.2 Å². The predicted molar refractivity (Wildman–Crippen MR) is 52.4 cm³/mol. The smallest absolute Gasteiger partial charge is 0.213 e. The van der Waals surface area contributed by atoms with E-state index in [1.807, 2.05) is 12.1 Å². The maximum Gasteiger partial charge on any atom is 0.213 e. The van der Waals surface area contributed by atoms with Gasteiger partial charge in [-0.05, 0) is 25.8 Å². The summed E-state index contributed by atoms with van der Waals surface area (Å²) in [5, 5.41) is 0. The van der Waals surface area contributed by atoms with Crippen molar-refractivity contribution in [2.24, 2.45) is 0 Å². The van der Waals surface area contributed by atoms with Crippen LogP contribution in [-0.4, -0.2) is 17.9 Å². The van der Waals surface area contributed by atoms with Crippen LogP contribution in [0.5, 0.6) is 5.88 Å². The zero-order chi connectivity index (χ0) is 10.2. The van der Waals surface area contributed by atoms with E-state index in [2.05, 4.69) is 4.98 Å². The van der Waals surface area contributed by atoms with Gasteiger partial charge < -0.3 is 4.74 Å². The molecule has 0 bridgehead atoms. The molecule has 0 unspecified atom stereocenters. The van der Waals surface area contributed by atoms with E-state index in [0.29, 0.717) is 5.88 Å². The Balaban J connectivity index is 2.37. The van der Waals surface area contributed by atoms with Crippen LogP contribution in [0.4, 0.5) is 0 Å². The van der Waals surface area contributed by atoms with Crippen LogP contribution in [0.25, 0.3) is 0 Å². The van der Waals surface area contributed by atoms with Crippen molar-refractivity contribution in [3.63, 3.8) is 0 Å². The Bertz CT molecular complexity index is 369. The highest BCUT2D eigenvalue weighted by molar-refractivity contribution is 5.90. The Labute approximate surface area is 83.1 Å². The van der Waals surface area contributed by atoms with Crippen molar-refractivity contribution in [3.8, 4) is 5.88 Å². The number of carbonyl (C=O) groups is 1. The molecule has 1 saturated carbocycles. The number of rotatable bonds is 3. The predicted octanol–water partition coefficient (Wildman–Crippen LogP) is 1.71. The minimum atomic E-state index is -0.297. The van der Waals surface area contributed by atoms with Gasteiger partial charge in [-0.1, -0.05) is 6.07 Å². The molecule has 0 aromatic carbocycles. The van der Waals surface area contributed by atoms with Crippen LogP contribution >= 0.6 is 0 Å². The first kappa shape index (κ1) is 9.19. The Morgan fingerprint density at radius 3 is 2.71 bits per heavy atom.